The Morgan fingerprint density at radius 3 is 2.80 bits per heavy atom. The van der Waals surface area contributed by atoms with Crippen molar-refractivity contribution in [2.45, 2.75) is 45.2 Å². The van der Waals surface area contributed by atoms with E-state index < -0.39 is 0 Å². The molecule has 0 radical (unpaired) electrons. The van der Waals surface area contributed by atoms with E-state index in [4.69, 9.17) is 0 Å². The van der Waals surface area contributed by atoms with E-state index in [1.807, 2.05) is 0 Å². The molecular formula is C9H17N. The first-order chi connectivity index (χ1) is 4.68. The standard InChI is InChI=1S/C9H17N/c1-7-4-5-8(2)10-9(3)6-7/h8-10H,1,4-6H2,2-3H3/t8-,9+/m1/s1. The van der Waals surface area contributed by atoms with Gasteiger partial charge in [0.25, 0.3) is 0 Å². The van der Waals surface area contributed by atoms with Gasteiger partial charge in [-0.05, 0) is 33.1 Å². The van der Waals surface area contributed by atoms with Crippen LogP contribution in [0.4, 0.5) is 0 Å². The zero-order valence-electron chi connectivity index (χ0n) is 6.98. The Balaban J connectivity index is 2.46. The summed E-state index contributed by atoms with van der Waals surface area (Å²) < 4.78 is 0. The SMILES string of the molecule is C=C1CC[C@@H](C)N[C@@H](C)C1. The summed E-state index contributed by atoms with van der Waals surface area (Å²) in [6, 6.07) is 1.30. The Labute approximate surface area is 63.5 Å². The van der Waals surface area contributed by atoms with E-state index in [1.165, 1.54) is 18.4 Å². The maximum absolute atomic E-state index is 4.02. The summed E-state index contributed by atoms with van der Waals surface area (Å²) in [4.78, 5) is 0. The van der Waals surface area contributed by atoms with E-state index in [2.05, 4.69) is 25.7 Å². The fourth-order valence-corrected chi connectivity index (χ4v) is 1.58. The molecule has 0 aromatic carbocycles. The van der Waals surface area contributed by atoms with Gasteiger partial charge in [-0.1, -0.05) is 12.2 Å². The lowest BCUT2D eigenvalue weighted by Crippen LogP contribution is -2.32. The highest BCUT2D eigenvalue weighted by molar-refractivity contribution is 5.00. The Kier molecular flexibility index (Phi) is 2.50. The highest BCUT2D eigenvalue weighted by atomic mass is 14.9. The molecule has 1 nitrogen and oxygen atoms in total. The molecule has 0 unspecified atom stereocenters. The van der Waals surface area contributed by atoms with Gasteiger partial charge in [-0.3, -0.25) is 0 Å². The van der Waals surface area contributed by atoms with Crippen LogP contribution in [0.2, 0.25) is 0 Å². The van der Waals surface area contributed by atoms with Crippen molar-refractivity contribution in [1.82, 2.24) is 5.32 Å². The smallest absolute Gasteiger partial charge is 0.00782 e. The summed E-state index contributed by atoms with van der Waals surface area (Å²) in [7, 11) is 0. The zero-order chi connectivity index (χ0) is 7.56. The molecule has 1 rings (SSSR count). The molecule has 0 aromatic heterocycles. The van der Waals surface area contributed by atoms with Crippen LogP contribution >= 0.6 is 0 Å². The minimum Gasteiger partial charge on any atom is -0.311 e. The molecule has 1 aliphatic rings. The van der Waals surface area contributed by atoms with Crippen molar-refractivity contribution in [3.8, 4) is 0 Å². The van der Waals surface area contributed by atoms with E-state index in [-0.39, 0.29) is 0 Å². The molecule has 1 aliphatic heterocycles. The van der Waals surface area contributed by atoms with Crippen LogP contribution in [0.3, 0.4) is 0 Å². The third-order valence-electron chi connectivity index (χ3n) is 2.09. The van der Waals surface area contributed by atoms with Crippen LogP contribution in [0.1, 0.15) is 33.1 Å². The van der Waals surface area contributed by atoms with E-state index in [1.54, 1.807) is 0 Å². The lowest BCUT2D eigenvalue weighted by molar-refractivity contribution is 0.477. The predicted octanol–water partition coefficient (Wildman–Crippen LogP) is 2.09. The molecule has 0 spiro atoms. The molecule has 0 amide bonds. The third-order valence-corrected chi connectivity index (χ3v) is 2.09. The van der Waals surface area contributed by atoms with Crippen LogP contribution in [0.15, 0.2) is 12.2 Å². The van der Waals surface area contributed by atoms with Crippen LogP contribution in [0.5, 0.6) is 0 Å². The quantitative estimate of drug-likeness (QED) is 0.507. The second-order valence-electron chi connectivity index (χ2n) is 3.46. The van der Waals surface area contributed by atoms with Crippen LogP contribution < -0.4 is 5.32 Å². The van der Waals surface area contributed by atoms with Crippen molar-refractivity contribution >= 4 is 0 Å². The summed E-state index contributed by atoms with van der Waals surface area (Å²) >= 11 is 0. The first-order valence-corrected chi connectivity index (χ1v) is 4.11. The molecule has 0 bridgehead atoms. The van der Waals surface area contributed by atoms with Crippen molar-refractivity contribution in [1.29, 1.82) is 0 Å². The van der Waals surface area contributed by atoms with Gasteiger partial charge in [-0.2, -0.15) is 0 Å². The summed E-state index contributed by atoms with van der Waals surface area (Å²) in [6.45, 7) is 8.49. The number of hydrogen-bond acceptors (Lipinski definition) is 1. The highest BCUT2D eigenvalue weighted by Gasteiger charge is 2.13. The fourth-order valence-electron chi connectivity index (χ4n) is 1.58. The highest BCUT2D eigenvalue weighted by Crippen LogP contribution is 2.16. The van der Waals surface area contributed by atoms with Crippen molar-refractivity contribution in [2.75, 3.05) is 0 Å². The van der Waals surface area contributed by atoms with Crippen molar-refractivity contribution in [3.63, 3.8) is 0 Å². The van der Waals surface area contributed by atoms with Crippen LogP contribution in [-0.2, 0) is 0 Å². The fraction of sp³-hybridized carbons (Fsp3) is 0.778. The first-order valence-electron chi connectivity index (χ1n) is 4.11. The Morgan fingerprint density at radius 1 is 1.40 bits per heavy atom. The maximum Gasteiger partial charge on any atom is 0.00782 e. The molecule has 0 saturated carbocycles. The molecule has 1 saturated heterocycles. The average molecular weight is 139 g/mol. The minimum atomic E-state index is 0.630. The molecule has 1 fully saturated rings. The Bertz CT molecular complexity index is 129. The van der Waals surface area contributed by atoms with E-state index in [0.717, 1.165) is 6.42 Å². The zero-order valence-corrected chi connectivity index (χ0v) is 6.98. The molecule has 0 aliphatic carbocycles. The molecule has 1 heterocycles. The van der Waals surface area contributed by atoms with Gasteiger partial charge in [-0.15, -0.1) is 0 Å². The summed E-state index contributed by atoms with van der Waals surface area (Å²) in [5, 5.41) is 3.51. The second-order valence-corrected chi connectivity index (χ2v) is 3.46. The van der Waals surface area contributed by atoms with Gasteiger partial charge in [0.15, 0.2) is 0 Å². The number of rotatable bonds is 0. The topological polar surface area (TPSA) is 12.0 Å². The van der Waals surface area contributed by atoms with Crippen LogP contribution in [0, 0.1) is 0 Å². The van der Waals surface area contributed by atoms with E-state index in [0.29, 0.717) is 12.1 Å². The lowest BCUT2D eigenvalue weighted by Gasteiger charge is -2.13. The largest absolute Gasteiger partial charge is 0.311 e. The molecule has 2 atom stereocenters. The predicted molar refractivity (Wildman–Crippen MR) is 45.1 cm³/mol. The summed E-state index contributed by atoms with van der Waals surface area (Å²) in [6.07, 6.45) is 3.62. The van der Waals surface area contributed by atoms with Gasteiger partial charge < -0.3 is 5.32 Å². The number of hydrogen-bond donors (Lipinski definition) is 1. The third kappa shape index (κ3) is 2.14. The molecule has 58 valence electrons. The maximum atomic E-state index is 4.02. The van der Waals surface area contributed by atoms with Crippen LogP contribution in [-0.4, -0.2) is 12.1 Å². The van der Waals surface area contributed by atoms with Gasteiger partial charge >= 0.3 is 0 Å². The van der Waals surface area contributed by atoms with Crippen molar-refractivity contribution in [3.05, 3.63) is 12.2 Å². The Morgan fingerprint density at radius 2 is 2.10 bits per heavy atom. The van der Waals surface area contributed by atoms with Gasteiger partial charge in [0, 0.05) is 12.1 Å². The monoisotopic (exact) mass is 139 g/mol. The molecule has 1 N–H and O–H groups in total. The first kappa shape index (κ1) is 7.80. The molecule has 0 aromatic rings. The van der Waals surface area contributed by atoms with Crippen molar-refractivity contribution in [2.24, 2.45) is 0 Å². The van der Waals surface area contributed by atoms with Crippen LogP contribution in [0.25, 0.3) is 0 Å². The van der Waals surface area contributed by atoms with Gasteiger partial charge in [0.05, 0.1) is 0 Å². The summed E-state index contributed by atoms with van der Waals surface area (Å²) in [5.74, 6) is 0. The van der Waals surface area contributed by atoms with E-state index >= 15 is 0 Å². The normalized spacial score (nSPS) is 35.6. The molecule has 10 heavy (non-hydrogen) atoms. The lowest BCUT2D eigenvalue weighted by atomic mass is 10.1. The Hall–Kier alpha value is -0.300. The molecular weight excluding hydrogens is 122 g/mol. The van der Waals surface area contributed by atoms with E-state index in [9.17, 15) is 0 Å². The van der Waals surface area contributed by atoms with Gasteiger partial charge in [0.1, 0.15) is 0 Å². The van der Waals surface area contributed by atoms with Gasteiger partial charge in [0.2, 0.25) is 0 Å². The molecule has 1 heteroatoms. The van der Waals surface area contributed by atoms with Gasteiger partial charge in [-0.25, -0.2) is 0 Å². The summed E-state index contributed by atoms with van der Waals surface area (Å²) in [5.41, 5.74) is 1.41. The minimum absolute atomic E-state index is 0.630. The number of nitrogens with one attached hydrogen (secondary N) is 1. The van der Waals surface area contributed by atoms with Crippen molar-refractivity contribution < 1.29 is 0 Å². The average Bonchev–Trinajstić information content (AvgIpc) is 1.93. The second kappa shape index (κ2) is 3.20.